The number of nitrogens with one attached hydrogen (secondary N) is 1. The average molecular weight is 441 g/mol. The Kier molecular flexibility index (Phi) is 7.69. The van der Waals surface area contributed by atoms with Gasteiger partial charge in [-0.3, -0.25) is 0 Å². The molecule has 0 amide bonds. The van der Waals surface area contributed by atoms with Gasteiger partial charge in [0.25, 0.3) is 0 Å². The van der Waals surface area contributed by atoms with Crippen molar-refractivity contribution in [3.8, 4) is 11.1 Å². The maximum atomic E-state index is 15.0. The first kappa shape index (κ1) is 23.7. The standard InChI is InChI=1S/C23H27F4NO3/c1-30-12-3-2-10-22(29,20-15-28-11-13-31-20)18-8-5-9-19(24)21(18)16-6-4-7-17(14-16)23(25,26)27/h4-9,14,20,28-29H,2-3,10-13,15H2,1H3/t20?,22-/m1/s1. The molecule has 1 unspecified atom stereocenters. The Balaban J connectivity index is 2.09. The van der Waals surface area contributed by atoms with E-state index in [-0.39, 0.29) is 23.1 Å². The van der Waals surface area contributed by atoms with Crippen LogP contribution in [-0.2, 0) is 21.3 Å². The van der Waals surface area contributed by atoms with E-state index in [9.17, 15) is 18.3 Å². The maximum Gasteiger partial charge on any atom is 0.416 e. The fourth-order valence-electron chi connectivity index (χ4n) is 4.01. The van der Waals surface area contributed by atoms with Crippen LogP contribution in [0.4, 0.5) is 17.6 Å². The molecule has 31 heavy (non-hydrogen) atoms. The van der Waals surface area contributed by atoms with Crippen molar-refractivity contribution in [1.82, 2.24) is 5.32 Å². The van der Waals surface area contributed by atoms with Crippen molar-refractivity contribution in [2.75, 3.05) is 33.4 Å². The molecule has 2 N–H and O–H groups in total. The number of morpholine rings is 1. The Morgan fingerprint density at radius 1 is 1.16 bits per heavy atom. The third-order valence-corrected chi connectivity index (χ3v) is 5.58. The molecule has 1 fully saturated rings. The van der Waals surface area contributed by atoms with Crippen molar-refractivity contribution in [1.29, 1.82) is 0 Å². The molecule has 0 aromatic heterocycles. The second-order valence-corrected chi connectivity index (χ2v) is 7.68. The highest BCUT2D eigenvalue weighted by molar-refractivity contribution is 5.70. The van der Waals surface area contributed by atoms with Crippen LogP contribution in [0.15, 0.2) is 42.5 Å². The number of hydrogen-bond acceptors (Lipinski definition) is 4. The van der Waals surface area contributed by atoms with Crippen LogP contribution in [0.25, 0.3) is 11.1 Å². The second-order valence-electron chi connectivity index (χ2n) is 7.68. The third kappa shape index (κ3) is 5.44. The van der Waals surface area contributed by atoms with Gasteiger partial charge in [0.15, 0.2) is 0 Å². The minimum Gasteiger partial charge on any atom is -0.385 e. The van der Waals surface area contributed by atoms with E-state index in [0.717, 1.165) is 12.1 Å². The zero-order valence-corrected chi connectivity index (χ0v) is 17.3. The van der Waals surface area contributed by atoms with Crippen LogP contribution in [0.5, 0.6) is 0 Å². The van der Waals surface area contributed by atoms with Crippen LogP contribution >= 0.6 is 0 Å². The van der Waals surface area contributed by atoms with Gasteiger partial charge in [0, 0.05) is 32.4 Å². The summed E-state index contributed by atoms with van der Waals surface area (Å²) in [5.74, 6) is -0.698. The number of halogens is 4. The monoisotopic (exact) mass is 441 g/mol. The molecular formula is C23H27F4NO3. The number of methoxy groups -OCH3 is 1. The smallest absolute Gasteiger partial charge is 0.385 e. The Morgan fingerprint density at radius 3 is 2.61 bits per heavy atom. The van der Waals surface area contributed by atoms with Crippen LogP contribution in [0.1, 0.15) is 30.4 Å². The Hall–Kier alpha value is -2.00. The summed E-state index contributed by atoms with van der Waals surface area (Å²) in [6.07, 6.45) is -3.74. The summed E-state index contributed by atoms with van der Waals surface area (Å²) < 4.78 is 65.7. The van der Waals surface area contributed by atoms with Gasteiger partial charge in [-0.2, -0.15) is 13.2 Å². The topological polar surface area (TPSA) is 50.7 Å². The van der Waals surface area contributed by atoms with Gasteiger partial charge in [-0.05, 0) is 48.6 Å². The van der Waals surface area contributed by atoms with E-state index < -0.39 is 29.3 Å². The zero-order chi connectivity index (χ0) is 22.5. The highest BCUT2D eigenvalue weighted by Crippen LogP contribution is 2.41. The number of hydrogen-bond donors (Lipinski definition) is 2. The number of ether oxygens (including phenoxy) is 2. The van der Waals surface area contributed by atoms with Gasteiger partial charge in [0.1, 0.15) is 17.5 Å². The summed E-state index contributed by atoms with van der Waals surface area (Å²) in [6, 6.07) is 8.71. The summed E-state index contributed by atoms with van der Waals surface area (Å²) in [7, 11) is 1.58. The molecule has 0 spiro atoms. The number of benzene rings is 2. The van der Waals surface area contributed by atoms with Gasteiger partial charge < -0.3 is 19.9 Å². The molecular weight excluding hydrogens is 414 g/mol. The van der Waals surface area contributed by atoms with Crippen LogP contribution in [0, 0.1) is 5.82 Å². The van der Waals surface area contributed by atoms with E-state index in [4.69, 9.17) is 9.47 Å². The van der Waals surface area contributed by atoms with Gasteiger partial charge in [0.2, 0.25) is 0 Å². The largest absolute Gasteiger partial charge is 0.416 e. The summed E-state index contributed by atoms with van der Waals surface area (Å²) in [6.45, 7) is 1.85. The molecule has 0 radical (unpaired) electrons. The zero-order valence-electron chi connectivity index (χ0n) is 17.3. The molecule has 2 atom stereocenters. The molecule has 1 aliphatic rings. The van der Waals surface area contributed by atoms with E-state index in [0.29, 0.717) is 39.1 Å². The van der Waals surface area contributed by atoms with Gasteiger partial charge >= 0.3 is 6.18 Å². The lowest BCUT2D eigenvalue weighted by Gasteiger charge is -2.40. The number of unbranched alkanes of at least 4 members (excludes halogenated alkanes) is 1. The molecule has 3 rings (SSSR count). The van der Waals surface area contributed by atoms with Crippen molar-refractivity contribution in [3.63, 3.8) is 0 Å². The lowest BCUT2D eigenvalue weighted by atomic mass is 9.79. The lowest BCUT2D eigenvalue weighted by Crippen LogP contribution is -2.51. The van der Waals surface area contributed by atoms with E-state index in [1.165, 1.54) is 24.3 Å². The normalized spacial score (nSPS) is 19.2. The maximum absolute atomic E-state index is 15.0. The first-order chi connectivity index (χ1) is 14.8. The molecule has 4 nitrogen and oxygen atoms in total. The molecule has 0 bridgehead atoms. The van der Waals surface area contributed by atoms with Crippen LogP contribution in [-0.4, -0.2) is 44.6 Å². The molecule has 0 saturated carbocycles. The molecule has 8 heteroatoms. The van der Waals surface area contributed by atoms with Gasteiger partial charge in [-0.25, -0.2) is 4.39 Å². The van der Waals surface area contributed by atoms with Crippen molar-refractivity contribution < 1.29 is 32.1 Å². The quantitative estimate of drug-likeness (QED) is 0.468. The van der Waals surface area contributed by atoms with Gasteiger partial charge in [0.05, 0.1) is 12.2 Å². The Labute approximate surface area is 179 Å². The molecule has 0 aliphatic carbocycles. The SMILES string of the molecule is COCCCC[C@@](O)(c1cccc(F)c1-c1cccc(C(F)(F)F)c1)C1CNCCO1. The number of rotatable bonds is 8. The van der Waals surface area contributed by atoms with Gasteiger partial charge in [-0.15, -0.1) is 0 Å². The van der Waals surface area contributed by atoms with Crippen LogP contribution < -0.4 is 5.32 Å². The fourth-order valence-corrected chi connectivity index (χ4v) is 4.01. The van der Waals surface area contributed by atoms with E-state index in [1.54, 1.807) is 13.2 Å². The average Bonchev–Trinajstić information content (AvgIpc) is 2.76. The van der Waals surface area contributed by atoms with Gasteiger partial charge in [-0.1, -0.05) is 24.3 Å². The molecule has 1 saturated heterocycles. The summed E-state index contributed by atoms with van der Waals surface area (Å²) in [4.78, 5) is 0. The van der Waals surface area contributed by atoms with Crippen molar-refractivity contribution >= 4 is 0 Å². The predicted octanol–water partition coefficient (Wildman–Crippen LogP) is 4.50. The molecule has 1 aliphatic heterocycles. The number of alkyl halides is 3. The molecule has 1 heterocycles. The van der Waals surface area contributed by atoms with E-state index >= 15 is 4.39 Å². The van der Waals surface area contributed by atoms with Crippen molar-refractivity contribution in [2.45, 2.75) is 37.1 Å². The summed E-state index contributed by atoms with van der Waals surface area (Å²) in [5, 5.41) is 15.0. The van der Waals surface area contributed by atoms with Crippen LogP contribution in [0.2, 0.25) is 0 Å². The lowest BCUT2D eigenvalue weighted by molar-refractivity contribution is -0.137. The first-order valence-corrected chi connectivity index (χ1v) is 10.3. The Bertz CT molecular complexity index is 868. The first-order valence-electron chi connectivity index (χ1n) is 10.3. The highest BCUT2D eigenvalue weighted by Gasteiger charge is 2.42. The minimum atomic E-state index is -4.56. The molecule has 170 valence electrons. The van der Waals surface area contributed by atoms with E-state index in [1.807, 2.05) is 0 Å². The van der Waals surface area contributed by atoms with Crippen molar-refractivity contribution in [3.05, 3.63) is 59.4 Å². The summed E-state index contributed by atoms with van der Waals surface area (Å²) >= 11 is 0. The minimum absolute atomic E-state index is 0.0444. The predicted molar refractivity (Wildman–Crippen MR) is 109 cm³/mol. The number of aliphatic hydroxyl groups is 1. The van der Waals surface area contributed by atoms with Crippen LogP contribution in [0.3, 0.4) is 0 Å². The molecule has 2 aromatic rings. The second kappa shape index (κ2) is 10.1. The Morgan fingerprint density at radius 2 is 1.94 bits per heavy atom. The summed E-state index contributed by atoms with van der Waals surface area (Å²) in [5.41, 5.74) is -2.23. The molecule has 2 aromatic carbocycles. The van der Waals surface area contributed by atoms with Crippen molar-refractivity contribution in [2.24, 2.45) is 0 Å². The third-order valence-electron chi connectivity index (χ3n) is 5.58. The fraction of sp³-hybridized carbons (Fsp3) is 0.478. The van der Waals surface area contributed by atoms with E-state index in [2.05, 4.69) is 5.32 Å². The highest BCUT2D eigenvalue weighted by atomic mass is 19.4.